The van der Waals surface area contributed by atoms with Crippen molar-refractivity contribution in [2.75, 3.05) is 23.4 Å². The van der Waals surface area contributed by atoms with E-state index in [0.717, 1.165) is 0 Å². The van der Waals surface area contributed by atoms with Crippen LogP contribution in [0.4, 0.5) is 14.5 Å². The standard InChI is InChI=1S/C15H19F2N3O3S3/c16-14(17)25-12-3-1-10(2-4-12)20-15(24)18-7-5-13(21)19-11-6-8-26(22,23)9-11/h1-4,11,14H,5-9H2,(H,19,21)(H2,18,20,24). The third kappa shape index (κ3) is 7.42. The Labute approximate surface area is 160 Å². The van der Waals surface area contributed by atoms with E-state index in [9.17, 15) is 22.0 Å². The fraction of sp³-hybridized carbons (Fsp3) is 0.467. The zero-order chi connectivity index (χ0) is 19.2. The summed E-state index contributed by atoms with van der Waals surface area (Å²) in [5.74, 6) is -2.60. The van der Waals surface area contributed by atoms with Crippen LogP contribution >= 0.6 is 24.0 Å². The lowest BCUT2D eigenvalue weighted by molar-refractivity contribution is -0.121. The number of nitrogens with one attached hydrogen (secondary N) is 3. The molecule has 0 bridgehead atoms. The smallest absolute Gasteiger partial charge is 0.288 e. The number of hydrogen-bond donors (Lipinski definition) is 3. The first-order valence-electron chi connectivity index (χ1n) is 7.83. The fourth-order valence-electron chi connectivity index (χ4n) is 2.39. The predicted octanol–water partition coefficient (Wildman–Crippen LogP) is 1.98. The lowest BCUT2D eigenvalue weighted by Gasteiger charge is -2.13. The van der Waals surface area contributed by atoms with Crippen molar-refractivity contribution < 1.29 is 22.0 Å². The van der Waals surface area contributed by atoms with Gasteiger partial charge in [0.15, 0.2) is 14.9 Å². The monoisotopic (exact) mass is 423 g/mol. The van der Waals surface area contributed by atoms with E-state index >= 15 is 0 Å². The highest BCUT2D eigenvalue weighted by Crippen LogP contribution is 2.26. The Kier molecular flexibility index (Phi) is 7.59. The molecule has 0 radical (unpaired) electrons. The first kappa shape index (κ1) is 20.8. The number of thiocarbonyl (C=S) groups is 1. The van der Waals surface area contributed by atoms with Gasteiger partial charge in [0, 0.05) is 29.6 Å². The van der Waals surface area contributed by atoms with Gasteiger partial charge in [0.25, 0.3) is 5.76 Å². The number of alkyl halides is 2. The van der Waals surface area contributed by atoms with Crippen molar-refractivity contribution >= 4 is 50.5 Å². The Morgan fingerprint density at radius 3 is 2.58 bits per heavy atom. The summed E-state index contributed by atoms with van der Waals surface area (Å²) >= 11 is 5.57. The highest BCUT2D eigenvalue weighted by Gasteiger charge is 2.28. The van der Waals surface area contributed by atoms with Crippen molar-refractivity contribution in [1.29, 1.82) is 0 Å². The fourth-order valence-corrected chi connectivity index (χ4v) is 4.79. The average molecular weight is 424 g/mol. The molecule has 144 valence electrons. The van der Waals surface area contributed by atoms with Gasteiger partial charge >= 0.3 is 0 Å². The molecule has 26 heavy (non-hydrogen) atoms. The van der Waals surface area contributed by atoms with E-state index in [-0.39, 0.29) is 36.4 Å². The topological polar surface area (TPSA) is 87.3 Å². The minimum Gasteiger partial charge on any atom is -0.362 e. The Hall–Kier alpha value is -1.46. The van der Waals surface area contributed by atoms with Crippen LogP contribution in [0.25, 0.3) is 0 Å². The summed E-state index contributed by atoms with van der Waals surface area (Å²) in [6.07, 6.45) is 0.601. The van der Waals surface area contributed by atoms with Crippen LogP contribution in [0.1, 0.15) is 12.8 Å². The number of halogens is 2. The second kappa shape index (κ2) is 9.47. The molecule has 1 aliphatic heterocycles. The number of thioether (sulfide) groups is 1. The zero-order valence-electron chi connectivity index (χ0n) is 13.7. The molecule has 1 aromatic carbocycles. The average Bonchev–Trinajstić information content (AvgIpc) is 2.87. The molecule has 11 heteroatoms. The molecular weight excluding hydrogens is 404 g/mol. The molecule has 1 fully saturated rings. The van der Waals surface area contributed by atoms with Gasteiger partial charge in [-0.1, -0.05) is 11.8 Å². The second-order valence-electron chi connectivity index (χ2n) is 5.70. The molecule has 1 heterocycles. The minimum absolute atomic E-state index is 0.00796. The SMILES string of the molecule is O=C(CCNC(=S)Nc1ccc(SC(F)F)cc1)NC1CCS(=O)(=O)C1. The summed E-state index contributed by atoms with van der Waals surface area (Å²) in [7, 11) is -3.02. The highest BCUT2D eigenvalue weighted by atomic mass is 32.2. The first-order valence-corrected chi connectivity index (χ1v) is 10.9. The maximum atomic E-state index is 12.3. The van der Waals surface area contributed by atoms with Gasteiger partial charge in [0.2, 0.25) is 5.91 Å². The van der Waals surface area contributed by atoms with Gasteiger partial charge in [-0.2, -0.15) is 8.78 Å². The molecule has 0 spiro atoms. The van der Waals surface area contributed by atoms with Crippen LogP contribution in [0.15, 0.2) is 29.2 Å². The molecule has 1 amide bonds. The number of amides is 1. The van der Waals surface area contributed by atoms with Crippen LogP contribution in [-0.2, 0) is 14.6 Å². The molecule has 1 atom stereocenters. The second-order valence-corrected chi connectivity index (χ2v) is 9.40. The van der Waals surface area contributed by atoms with E-state index in [1.165, 1.54) is 0 Å². The number of carbonyl (C=O) groups excluding carboxylic acids is 1. The van der Waals surface area contributed by atoms with Gasteiger partial charge in [-0.15, -0.1) is 0 Å². The third-order valence-electron chi connectivity index (χ3n) is 3.57. The summed E-state index contributed by atoms with van der Waals surface area (Å²) in [5, 5.41) is 8.75. The molecule has 3 N–H and O–H groups in total. The number of sulfone groups is 1. The molecule has 2 rings (SSSR count). The number of rotatable bonds is 7. The number of benzene rings is 1. The summed E-state index contributed by atoms with van der Waals surface area (Å²) in [5.41, 5.74) is 0.640. The maximum Gasteiger partial charge on any atom is 0.288 e. The van der Waals surface area contributed by atoms with Gasteiger partial charge in [0.1, 0.15) is 0 Å². The highest BCUT2D eigenvalue weighted by molar-refractivity contribution is 7.99. The minimum atomic E-state index is -3.02. The van der Waals surface area contributed by atoms with Crippen molar-refractivity contribution in [3.8, 4) is 0 Å². The molecular formula is C15H19F2N3O3S3. The molecule has 0 aromatic heterocycles. The zero-order valence-corrected chi connectivity index (χ0v) is 16.2. The molecule has 0 saturated carbocycles. The van der Waals surface area contributed by atoms with Crippen molar-refractivity contribution in [2.24, 2.45) is 0 Å². The van der Waals surface area contributed by atoms with E-state index in [0.29, 0.717) is 33.9 Å². The molecule has 0 aliphatic carbocycles. The molecule has 1 unspecified atom stereocenters. The van der Waals surface area contributed by atoms with Gasteiger partial charge in [-0.05, 0) is 42.9 Å². The van der Waals surface area contributed by atoms with Crippen LogP contribution in [0.5, 0.6) is 0 Å². The summed E-state index contributed by atoms with van der Waals surface area (Å²) < 4.78 is 47.2. The Balaban J connectivity index is 1.66. The van der Waals surface area contributed by atoms with Crippen LogP contribution in [0.3, 0.4) is 0 Å². The van der Waals surface area contributed by atoms with E-state index in [1.807, 2.05) is 0 Å². The molecule has 1 aliphatic rings. The van der Waals surface area contributed by atoms with Crippen LogP contribution < -0.4 is 16.0 Å². The van der Waals surface area contributed by atoms with E-state index in [1.54, 1.807) is 24.3 Å². The summed E-state index contributed by atoms with van der Waals surface area (Å²) in [6, 6.07) is 6.07. The molecule has 1 aromatic rings. The van der Waals surface area contributed by atoms with Crippen molar-refractivity contribution in [2.45, 2.75) is 29.5 Å². The Morgan fingerprint density at radius 1 is 1.31 bits per heavy atom. The largest absolute Gasteiger partial charge is 0.362 e. The third-order valence-corrected chi connectivity index (χ3v) is 6.31. The van der Waals surface area contributed by atoms with Crippen molar-refractivity contribution in [1.82, 2.24) is 10.6 Å². The number of hydrogen-bond acceptors (Lipinski definition) is 5. The van der Waals surface area contributed by atoms with Crippen molar-refractivity contribution in [3.05, 3.63) is 24.3 Å². The lowest BCUT2D eigenvalue weighted by atomic mass is 10.2. The summed E-state index contributed by atoms with van der Waals surface area (Å²) in [6.45, 7) is 0.288. The van der Waals surface area contributed by atoms with E-state index < -0.39 is 15.6 Å². The Bertz CT molecular complexity index is 742. The number of anilines is 1. The predicted molar refractivity (Wildman–Crippen MR) is 102 cm³/mol. The van der Waals surface area contributed by atoms with E-state index in [4.69, 9.17) is 12.2 Å². The lowest BCUT2D eigenvalue weighted by Crippen LogP contribution is -2.38. The maximum absolute atomic E-state index is 12.3. The van der Waals surface area contributed by atoms with E-state index in [2.05, 4.69) is 16.0 Å². The quantitative estimate of drug-likeness (QED) is 0.457. The first-order chi connectivity index (χ1) is 12.2. The summed E-state index contributed by atoms with van der Waals surface area (Å²) in [4.78, 5) is 12.3. The van der Waals surface area contributed by atoms with Crippen molar-refractivity contribution in [3.63, 3.8) is 0 Å². The van der Waals surface area contributed by atoms with Crippen LogP contribution in [-0.4, -0.2) is 49.3 Å². The number of carbonyl (C=O) groups is 1. The molecule has 1 saturated heterocycles. The van der Waals surface area contributed by atoms with Gasteiger partial charge in [0.05, 0.1) is 11.5 Å². The van der Waals surface area contributed by atoms with Crippen LogP contribution in [0.2, 0.25) is 0 Å². The van der Waals surface area contributed by atoms with Crippen LogP contribution in [0, 0.1) is 0 Å². The van der Waals surface area contributed by atoms with Gasteiger partial charge in [-0.25, -0.2) is 8.42 Å². The van der Waals surface area contributed by atoms with Gasteiger partial charge in [-0.3, -0.25) is 4.79 Å². The van der Waals surface area contributed by atoms with Gasteiger partial charge < -0.3 is 16.0 Å². The molecule has 6 nitrogen and oxygen atoms in total. The Morgan fingerprint density at radius 2 is 2.00 bits per heavy atom. The normalized spacial score (nSPS) is 18.5.